The number of hydrogen-bond acceptors (Lipinski definition) is 4. The lowest BCUT2D eigenvalue weighted by Crippen LogP contribution is -2.34. The first-order valence-corrected chi connectivity index (χ1v) is 7.57. The maximum atomic E-state index is 11.9. The van der Waals surface area contributed by atoms with Gasteiger partial charge in [0.1, 0.15) is 18.9 Å². The van der Waals surface area contributed by atoms with Gasteiger partial charge in [-0.3, -0.25) is 14.2 Å². The molecule has 0 aliphatic rings. The van der Waals surface area contributed by atoms with Gasteiger partial charge in [0, 0.05) is 6.07 Å². The summed E-state index contributed by atoms with van der Waals surface area (Å²) in [6, 6.07) is 10.8. The SMILES string of the molecule is CC(C)c1cc(=O)n(CC(=O)NCCOc2ccccc2)cn1. The third-order valence-electron chi connectivity index (χ3n) is 3.24. The van der Waals surface area contributed by atoms with Gasteiger partial charge in [0.25, 0.3) is 5.56 Å². The number of carbonyl (C=O) groups is 1. The van der Waals surface area contributed by atoms with Gasteiger partial charge < -0.3 is 10.1 Å². The van der Waals surface area contributed by atoms with E-state index in [-0.39, 0.29) is 23.9 Å². The molecule has 1 N–H and O–H groups in total. The van der Waals surface area contributed by atoms with Crippen LogP contribution in [0.3, 0.4) is 0 Å². The van der Waals surface area contributed by atoms with Gasteiger partial charge >= 0.3 is 0 Å². The lowest BCUT2D eigenvalue weighted by Gasteiger charge is -2.09. The normalized spacial score (nSPS) is 10.6. The summed E-state index contributed by atoms with van der Waals surface area (Å²) in [7, 11) is 0. The van der Waals surface area contributed by atoms with Crippen LogP contribution in [0.25, 0.3) is 0 Å². The number of nitrogens with zero attached hydrogens (tertiary/aromatic N) is 2. The second kappa shape index (κ2) is 8.12. The van der Waals surface area contributed by atoms with Gasteiger partial charge in [0.2, 0.25) is 5.91 Å². The largest absolute Gasteiger partial charge is 0.492 e. The van der Waals surface area contributed by atoms with Crippen molar-refractivity contribution in [2.75, 3.05) is 13.2 Å². The predicted molar refractivity (Wildman–Crippen MR) is 87.5 cm³/mol. The molecule has 0 spiro atoms. The first kappa shape index (κ1) is 16.7. The molecule has 122 valence electrons. The fourth-order valence-corrected chi connectivity index (χ4v) is 1.96. The first-order valence-electron chi connectivity index (χ1n) is 7.57. The molecule has 0 saturated carbocycles. The van der Waals surface area contributed by atoms with E-state index in [0.717, 1.165) is 11.4 Å². The van der Waals surface area contributed by atoms with Crippen molar-refractivity contribution in [3.05, 3.63) is 58.8 Å². The molecule has 2 rings (SSSR count). The van der Waals surface area contributed by atoms with E-state index in [0.29, 0.717) is 13.2 Å². The molecule has 0 aliphatic carbocycles. The van der Waals surface area contributed by atoms with Crippen LogP contribution in [-0.4, -0.2) is 28.6 Å². The van der Waals surface area contributed by atoms with E-state index in [4.69, 9.17) is 4.74 Å². The van der Waals surface area contributed by atoms with E-state index in [1.54, 1.807) is 0 Å². The summed E-state index contributed by atoms with van der Waals surface area (Å²) in [6.45, 7) is 4.63. The number of rotatable bonds is 7. The summed E-state index contributed by atoms with van der Waals surface area (Å²) in [4.78, 5) is 27.9. The molecule has 6 heteroatoms. The Morgan fingerprint density at radius 3 is 2.70 bits per heavy atom. The summed E-state index contributed by atoms with van der Waals surface area (Å²) >= 11 is 0. The Balaban J connectivity index is 1.78. The molecule has 0 radical (unpaired) electrons. The van der Waals surface area contributed by atoms with Crippen molar-refractivity contribution in [3.8, 4) is 5.75 Å². The molecule has 0 atom stereocenters. The minimum absolute atomic E-state index is 0.0461. The summed E-state index contributed by atoms with van der Waals surface area (Å²) in [5.41, 5.74) is 0.502. The molecular weight excluding hydrogens is 294 g/mol. The zero-order valence-corrected chi connectivity index (χ0v) is 13.4. The molecule has 0 bridgehead atoms. The van der Waals surface area contributed by atoms with Crippen LogP contribution in [-0.2, 0) is 11.3 Å². The Kier molecular flexibility index (Phi) is 5.91. The molecule has 1 amide bonds. The summed E-state index contributed by atoms with van der Waals surface area (Å²) in [5, 5.41) is 2.71. The highest BCUT2D eigenvalue weighted by Gasteiger charge is 2.07. The molecule has 1 aromatic heterocycles. The Hall–Kier alpha value is -2.63. The van der Waals surface area contributed by atoms with Gasteiger partial charge in [-0.15, -0.1) is 0 Å². The van der Waals surface area contributed by atoms with Crippen LogP contribution in [0.1, 0.15) is 25.5 Å². The number of para-hydroxylation sites is 1. The molecule has 1 aromatic carbocycles. The van der Waals surface area contributed by atoms with Crippen molar-refractivity contribution in [1.82, 2.24) is 14.9 Å². The van der Waals surface area contributed by atoms with Crippen LogP contribution in [0.4, 0.5) is 0 Å². The van der Waals surface area contributed by atoms with Crippen LogP contribution in [0.15, 0.2) is 47.5 Å². The predicted octanol–water partition coefficient (Wildman–Crippen LogP) is 1.56. The van der Waals surface area contributed by atoms with Gasteiger partial charge in [-0.05, 0) is 18.1 Å². The van der Waals surface area contributed by atoms with E-state index in [1.807, 2.05) is 44.2 Å². The standard InChI is InChI=1S/C17H21N3O3/c1-13(2)15-10-17(22)20(12-19-15)11-16(21)18-8-9-23-14-6-4-3-5-7-14/h3-7,10,12-13H,8-9,11H2,1-2H3,(H,18,21). The summed E-state index contributed by atoms with van der Waals surface area (Å²) < 4.78 is 6.77. The highest BCUT2D eigenvalue weighted by atomic mass is 16.5. The van der Waals surface area contributed by atoms with Crippen molar-refractivity contribution in [2.45, 2.75) is 26.3 Å². The van der Waals surface area contributed by atoms with Gasteiger partial charge in [-0.2, -0.15) is 0 Å². The molecule has 0 fully saturated rings. The van der Waals surface area contributed by atoms with Gasteiger partial charge in [0.15, 0.2) is 0 Å². The zero-order chi connectivity index (χ0) is 16.7. The zero-order valence-electron chi connectivity index (χ0n) is 13.4. The summed E-state index contributed by atoms with van der Waals surface area (Å²) in [6.07, 6.45) is 1.41. The van der Waals surface area contributed by atoms with Gasteiger partial charge in [-0.25, -0.2) is 4.98 Å². The minimum Gasteiger partial charge on any atom is -0.492 e. The Morgan fingerprint density at radius 2 is 2.04 bits per heavy atom. The minimum atomic E-state index is -0.247. The maximum Gasteiger partial charge on any atom is 0.254 e. The fourth-order valence-electron chi connectivity index (χ4n) is 1.96. The lowest BCUT2D eigenvalue weighted by atomic mass is 10.1. The average molecular weight is 315 g/mol. The number of aromatic nitrogens is 2. The quantitative estimate of drug-likeness (QED) is 0.787. The highest BCUT2D eigenvalue weighted by molar-refractivity contribution is 5.75. The fraction of sp³-hybridized carbons (Fsp3) is 0.353. The molecule has 0 unspecified atom stereocenters. The van der Waals surface area contributed by atoms with Crippen LogP contribution in [0.5, 0.6) is 5.75 Å². The van der Waals surface area contributed by atoms with E-state index < -0.39 is 0 Å². The number of benzene rings is 1. The smallest absolute Gasteiger partial charge is 0.254 e. The van der Waals surface area contributed by atoms with E-state index >= 15 is 0 Å². The Bertz CT molecular complexity index is 696. The van der Waals surface area contributed by atoms with Crippen molar-refractivity contribution >= 4 is 5.91 Å². The molecule has 0 saturated heterocycles. The third kappa shape index (κ3) is 5.25. The molecular formula is C17H21N3O3. The van der Waals surface area contributed by atoms with Crippen LogP contribution >= 0.6 is 0 Å². The number of nitrogens with one attached hydrogen (secondary N) is 1. The van der Waals surface area contributed by atoms with E-state index in [1.165, 1.54) is 17.0 Å². The van der Waals surface area contributed by atoms with Crippen molar-refractivity contribution in [3.63, 3.8) is 0 Å². The first-order chi connectivity index (χ1) is 11.1. The third-order valence-corrected chi connectivity index (χ3v) is 3.24. The second-order valence-corrected chi connectivity index (χ2v) is 5.45. The molecule has 1 heterocycles. The van der Waals surface area contributed by atoms with Crippen molar-refractivity contribution in [2.24, 2.45) is 0 Å². The summed E-state index contributed by atoms with van der Waals surface area (Å²) in [5.74, 6) is 0.690. The van der Waals surface area contributed by atoms with Gasteiger partial charge in [-0.1, -0.05) is 32.0 Å². The highest BCUT2D eigenvalue weighted by Crippen LogP contribution is 2.08. The average Bonchev–Trinajstić information content (AvgIpc) is 2.54. The number of hydrogen-bond donors (Lipinski definition) is 1. The maximum absolute atomic E-state index is 11.9. The van der Waals surface area contributed by atoms with Gasteiger partial charge in [0.05, 0.1) is 18.6 Å². The number of amides is 1. The van der Waals surface area contributed by atoms with E-state index in [9.17, 15) is 9.59 Å². The molecule has 0 aliphatic heterocycles. The van der Waals surface area contributed by atoms with E-state index in [2.05, 4.69) is 10.3 Å². The Labute approximate surface area is 135 Å². The topological polar surface area (TPSA) is 73.2 Å². The van der Waals surface area contributed by atoms with Crippen LogP contribution < -0.4 is 15.6 Å². The monoisotopic (exact) mass is 315 g/mol. The lowest BCUT2D eigenvalue weighted by molar-refractivity contribution is -0.121. The number of ether oxygens (including phenoxy) is 1. The number of carbonyl (C=O) groups excluding carboxylic acids is 1. The van der Waals surface area contributed by atoms with Crippen LogP contribution in [0.2, 0.25) is 0 Å². The van der Waals surface area contributed by atoms with Crippen molar-refractivity contribution < 1.29 is 9.53 Å². The molecule has 6 nitrogen and oxygen atoms in total. The Morgan fingerprint density at radius 1 is 1.30 bits per heavy atom. The van der Waals surface area contributed by atoms with Crippen molar-refractivity contribution in [1.29, 1.82) is 0 Å². The molecule has 2 aromatic rings. The second-order valence-electron chi connectivity index (χ2n) is 5.45. The molecule has 23 heavy (non-hydrogen) atoms. The van der Waals surface area contributed by atoms with Crippen LogP contribution in [0, 0.1) is 0 Å².